The second kappa shape index (κ2) is 13.2. The molecule has 12 heteroatoms. The van der Waals surface area contributed by atoms with Gasteiger partial charge in [0.25, 0.3) is 0 Å². The van der Waals surface area contributed by atoms with E-state index >= 15 is 0 Å². The average Bonchev–Trinajstić information content (AvgIpc) is 3.28. The van der Waals surface area contributed by atoms with Gasteiger partial charge >= 0.3 is 5.97 Å². The van der Waals surface area contributed by atoms with Crippen molar-refractivity contribution in [3.63, 3.8) is 0 Å². The molecule has 194 valence electrons. The standard InChI is InChI=1S/C23H35N5O6S/c1-3-34-20(29)9-5-4-7-18(27-35(2,32)33)23(31)28-14-6-8-19(28)22(30)26-15-16-10-12-17(13-11-16)21(24)25/h10-13,18-19,27H,3-9,14-15H2,1-2H3,(H3,24,25)(H,26,30)/t18-,19+/m1/s1. The number of unbranched alkanes of at least 4 members (excludes halogenated alkanes) is 1. The molecular weight excluding hydrogens is 474 g/mol. The summed E-state index contributed by atoms with van der Waals surface area (Å²) in [6, 6.07) is 5.20. The number of nitrogens with one attached hydrogen (secondary N) is 3. The minimum Gasteiger partial charge on any atom is -0.466 e. The molecule has 1 aliphatic rings. The van der Waals surface area contributed by atoms with Crippen molar-refractivity contribution >= 4 is 33.6 Å². The normalized spacial score (nSPS) is 16.5. The summed E-state index contributed by atoms with van der Waals surface area (Å²) in [5, 5.41) is 10.3. The van der Waals surface area contributed by atoms with Crippen LogP contribution in [0.1, 0.15) is 56.6 Å². The zero-order valence-electron chi connectivity index (χ0n) is 20.2. The van der Waals surface area contributed by atoms with Gasteiger partial charge in [-0.2, -0.15) is 0 Å². The maximum atomic E-state index is 13.2. The molecule has 1 heterocycles. The van der Waals surface area contributed by atoms with Crippen molar-refractivity contribution in [1.29, 1.82) is 5.41 Å². The molecule has 0 aliphatic carbocycles. The molecule has 1 aromatic rings. The van der Waals surface area contributed by atoms with Crippen molar-refractivity contribution in [3.05, 3.63) is 35.4 Å². The van der Waals surface area contributed by atoms with Crippen LogP contribution in [0.2, 0.25) is 0 Å². The van der Waals surface area contributed by atoms with Crippen LogP contribution in [0.4, 0.5) is 0 Å². The molecule has 0 spiro atoms. The molecular formula is C23H35N5O6S. The van der Waals surface area contributed by atoms with E-state index in [1.807, 2.05) is 0 Å². The van der Waals surface area contributed by atoms with E-state index in [1.54, 1.807) is 31.2 Å². The average molecular weight is 510 g/mol. The number of amidine groups is 1. The number of likely N-dealkylation sites (tertiary alicyclic amines) is 1. The van der Waals surface area contributed by atoms with Gasteiger partial charge in [-0.05, 0) is 38.2 Å². The summed E-state index contributed by atoms with van der Waals surface area (Å²) in [6.45, 7) is 2.61. The molecule has 1 aromatic carbocycles. The van der Waals surface area contributed by atoms with Gasteiger partial charge < -0.3 is 20.7 Å². The second-order valence-corrected chi connectivity index (χ2v) is 10.3. The lowest BCUT2D eigenvalue weighted by molar-refractivity contribution is -0.143. The lowest BCUT2D eigenvalue weighted by atomic mass is 10.1. The van der Waals surface area contributed by atoms with Gasteiger partial charge in [0, 0.05) is 25.1 Å². The topological polar surface area (TPSA) is 172 Å². The SMILES string of the molecule is CCOC(=O)CCCC[C@@H](NS(C)(=O)=O)C(=O)N1CCC[C@H]1C(=O)NCc1ccc(C(=N)N)cc1. The van der Waals surface area contributed by atoms with Crippen molar-refractivity contribution in [2.24, 2.45) is 5.73 Å². The third kappa shape index (κ3) is 9.29. The number of sulfonamides is 1. The molecule has 2 atom stereocenters. The van der Waals surface area contributed by atoms with E-state index in [9.17, 15) is 22.8 Å². The number of rotatable bonds is 13. The van der Waals surface area contributed by atoms with Gasteiger partial charge in [0.1, 0.15) is 17.9 Å². The predicted octanol–water partition coefficient (Wildman–Crippen LogP) is 0.619. The summed E-state index contributed by atoms with van der Waals surface area (Å²) >= 11 is 0. The van der Waals surface area contributed by atoms with Crippen molar-refractivity contribution in [3.8, 4) is 0 Å². The van der Waals surface area contributed by atoms with E-state index in [4.69, 9.17) is 15.9 Å². The molecule has 5 N–H and O–H groups in total. The number of nitrogens with two attached hydrogens (primary N) is 1. The van der Waals surface area contributed by atoms with Crippen molar-refractivity contribution in [1.82, 2.24) is 14.9 Å². The highest BCUT2D eigenvalue weighted by molar-refractivity contribution is 7.88. The van der Waals surface area contributed by atoms with Crippen LogP contribution in [0.15, 0.2) is 24.3 Å². The van der Waals surface area contributed by atoms with Crippen LogP contribution in [0.5, 0.6) is 0 Å². The first-order valence-corrected chi connectivity index (χ1v) is 13.6. The number of hydrogen-bond donors (Lipinski definition) is 4. The molecule has 1 aliphatic heterocycles. The largest absolute Gasteiger partial charge is 0.466 e. The number of nitrogen functional groups attached to an aromatic ring is 1. The van der Waals surface area contributed by atoms with E-state index in [-0.39, 0.29) is 43.7 Å². The van der Waals surface area contributed by atoms with Crippen LogP contribution < -0.4 is 15.8 Å². The second-order valence-electron chi connectivity index (χ2n) is 8.51. The lowest BCUT2D eigenvalue weighted by Gasteiger charge is -2.28. The third-order valence-corrected chi connectivity index (χ3v) is 6.37. The summed E-state index contributed by atoms with van der Waals surface area (Å²) in [5.74, 6) is -1.14. The molecule has 0 aromatic heterocycles. The van der Waals surface area contributed by atoms with Gasteiger partial charge in [-0.1, -0.05) is 30.7 Å². The Labute approximate surface area is 206 Å². The van der Waals surface area contributed by atoms with E-state index in [0.717, 1.165) is 11.8 Å². The zero-order chi connectivity index (χ0) is 26.0. The highest BCUT2D eigenvalue weighted by Crippen LogP contribution is 2.20. The number of carbonyl (C=O) groups is 3. The first kappa shape index (κ1) is 28.2. The van der Waals surface area contributed by atoms with Gasteiger partial charge in [-0.25, -0.2) is 13.1 Å². The van der Waals surface area contributed by atoms with Gasteiger partial charge in [0.05, 0.1) is 12.9 Å². The molecule has 0 unspecified atom stereocenters. The van der Waals surface area contributed by atoms with Crippen molar-refractivity contribution in [2.45, 2.75) is 64.1 Å². The number of benzene rings is 1. The zero-order valence-corrected chi connectivity index (χ0v) is 21.0. The number of esters is 1. The van der Waals surface area contributed by atoms with E-state index < -0.39 is 28.0 Å². The smallest absolute Gasteiger partial charge is 0.305 e. The van der Waals surface area contributed by atoms with Crippen LogP contribution in [0, 0.1) is 5.41 Å². The predicted molar refractivity (Wildman–Crippen MR) is 131 cm³/mol. The number of nitrogens with zero attached hydrogens (tertiary/aromatic N) is 1. The molecule has 11 nitrogen and oxygen atoms in total. The summed E-state index contributed by atoms with van der Waals surface area (Å²) in [7, 11) is -3.67. The van der Waals surface area contributed by atoms with Crippen molar-refractivity contribution < 1.29 is 27.5 Å². The molecule has 1 fully saturated rings. The minimum atomic E-state index is -3.67. The fourth-order valence-electron chi connectivity index (χ4n) is 3.95. The Morgan fingerprint density at radius 3 is 2.51 bits per heavy atom. The van der Waals surface area contributed by atoms with Gasteiger partial charge in [0.15, 0.2) is 0 Å². The molecule has 35 heavy (non-hydrogen) atoms. The minimum absolute atomic E-state index is 0.0427. The molecule has 0 bridgehead atoms. The molecule has 2 rings (SSSR count). The van der Waals surface area contributed by atoms with Gasteiger partial charge in [0.2, 0.25) is 21.8 Å². The first-order valence-electron chi connectivity index (χ1n) is 11.7. The number of amides is 2. The fourth-order valence-corrected chi connectivity index (χ4v) is 4.69. The van der Waals surface area contributed by atoms with E-state index in [0.29, 0.717) is 37.8 Å². The van der Waals surface area contributed by atoms with Crippen LogP contribution >= 0.6 is 0 Å². The first-order chi connectivity index (χ1) is 16.5. The maximum absolute atomic E-state index is 13.2. The maximum Gasteiger partial charge on any atom is 0.305 e. The summed E-state index contributed by atoms with van der Waals surface area (Å²) in [5.41, 5.74) is 6.85. The summed E-state index contributed by atoms with van der Waals surface area (Å²) < 4.78 is 31.0. The molecule has 0 saturated carbocycles. The van der Waals surface area contributed by atoms with Crippen molar-refractivity contribution in [2.75, 3.05) is 19.4 Å². The van der Waals surface area contributed by atoms with E-state index in [2.05, 4.69) is 10.0 Å². The summed E-state index contributed by atoms with van der Waals surface area (Å²) in [4.78, 5) is 39.1. The van der Waals surface area contributed by atoms with Gasteiger partial charge in [-0.3, -0.25) is 19.8 Å². The highest BCUT2D eigenvalue weighted by Gasteiger charge is 2.37. The number of carbonyl (C=O) groups excluding carboxylic acids is 3. The monoisotopic (exact) mass is 509 g/mol. The Morgan fingerprint density at radius 2 is 1.91 bits per heavy atom. The molecule has 0 radical (unpaired) electrons. The Balaban J connectivity index is 1.98. The number of hydrogen-bond acceptors (Lipinski definition) is 7. The Bertz CT molecular complexity index is 1010. The molecule has 2 amide bonds. The third-order valence-electron chi connectivity index (χ3n) is 5.65. The van der Waals surface area contributed by atoms with Crippen LogP contribution in [-0.2, 0) is 35.7 Å². The van der Waals surface area contributed by atoms with Crippen LogP contribution in [-0.4, -0.2) is 68.4 Å². The lowest BCUT2D eigenvalue weighted by Crippen LogP contribution is -2.53. The Hall–Kier alpha value is -2.99. The van der Waals surface area contributed by atoms with Crippen LogP contribution in [0.25, 0.3) is 0 Å². The molecule has 1 saturated heterocycles. The Morgan fingerprint density at radius 1 is 1.23 bits per heavy atom. The number of ether oxygens (including phenoxy) is 1. The quantitative estimate of drug-likeness (QED) is 0.131. The van der Waals surface area contributed by atoms with E-state index in [1.165, 1.54) is 4.90 Å². The fraction of sp³-hybridized carbons (Fsp3) is 0.565. The highest BCUT2D eigenvalue weighted by atomic mass is 32.2. The van der Waals surface area contributed by atoms with Gasteiger partial charge in [-0.15, -0.1) is 0 Å². The summed E-state index contributed by atoms with van der Waals surface area (Å²) in [6.07, 6.45) is 3.39. The Kier molecular flexibility index (Phi) is 10.6. The van der Waals surface area contributed by atoms with Crippen LogP contribution in [0.3, 0.4) is 0 Å².